The Balaban J connectivity index is 1.73. The lowest BCUT2D eigenvalue weighted by molar-refractivity contribution is -0.134. The van der Waals surface area contributed by atoms with Crippen molar-refractivity contribution in [2.24, 2.45) is 0 Å². The number of rotatable bonds is 4. The van der Waals surface area contributed by atoms with Crippen LogP contribution < -0.4 is 10.2 Å². The minimum Gasteiger partial charge on any atom is -0.333 e. The molecule has 2 aromatic rings. The summed E-state index contributed by atoms with van der Waals surface area (Å²) in [5.74, 6) is -0.311. The second-order valence-electron chi connectivity index (χ2n) is 5.91. The number of hydrogen-bond acceptors (Lipinski definition) is 4. The van der Waals surface area contributed by atoms with Gasteiger partial charge in [-0.05, 0) is 24.6 Å². The van der Waals surface area contributed by atoms with Gasteiger partial charge >= 0.3 is 4.87 Å². The van der Waals surface area contributed by atoms with Crippen LogP contribution in [-0.4, -0.2) is 35.0 Å². The van der Waals surface area contributed by atoms with Crippen molar-refractivity contribution in [3.63, 3.8) is 0 Å². The van der Waals surface area contributed by atoms with E-state index in [1.165, 1.54) is 12.1 Å². The van der Waals surface area contributed by atoms with Crippen LogP contribution in [-0.2, 0) is 11.3 Å². The molecule has 0 saturated carbocycles. The molecule has 1 aromatic heterocycles. The molecule has 3 rings (SSSR count). The van der Waals surface area contributed by atoms with Gasteiger partial charge in [0.2, 0.25) is 5.91 Å². The molecule has 0 bridgehead atoms. The third-order valence-corrected chi connectivity index (χ3v) is 5.20. The van der Waals surface area contributed by atoms with Gasteiger partial charge in [0.05, 0.1) is 6.04 Å². The van der Waals surface area contributed by atoms with Gasteiger partial charge in [0.15, 0.2) is 0 Å². The molecule has 1 atom stereocenters. The Hall–Kier alpha value is -1.99. The minimum atomic E-state index is -0.300. The average Bonchev–Trinajstić information content (AvgIpc) is 2.91. The van der Waals surface area contributed by atoms with Crippen LogP contribution >= 0.6 is 11.3 Å². The van der Waals surface area contributed by atoms with E-state index in [4.69, 9.17) is 0 Å². The molecule has 1 aliphatic rings. The fourth-order valence-electron chi connectivity index (χ4n) is 3.04. The molecule has 1 N–H and O–H groups in total. The van der Waals surface area contributed by atoms with E-state index in [9.17, 15) is 14.0 Å². The Morgan fingerprint density at radius 3 is 3.00 bits per heavy atom. The van der Waals surface area contributed by atoms with Crippen LogP contribution in [0.1, 0.15) is 23.7 Å². The van der Waals surface area contributed by atoms with E-state index < -0.39 is 0 Å². The largest absolute Gasteiger partial charge is 0.333 e. The van der Waals surface area contributed by atoms with Crippen molar-refractivity contribution >= 4 is 17.2 Å². The first-order chi connectivity index (χ1) is 11.6. The molecule has 128 valence electrons. The molecule has 1 amide bonds. The predicted octanol–water partition coefficient (Wildman–Crippen LogP) is 1.92. The minimum absolute atomic E-state index is 0.0109. The van der Waals surface area contributed by atoms with E-state index in [-0.39, 0.29) is 29.1 Å². The first-order valence-electron chi connectivity index (χ1n) is 7.97. The van der Waals surface area contributed by atoms with E-state index >= 15 is 0 Å². The Morgan fingerprint density at radius 1 is 1.46 bits per heavy atom. The number of aryl methyl sites for hydroxylation is 1. The van der Waals surface area contributed by atoms with E-state index in [1.54, 1.807) is 20.9 Å². The van der Waals surface area contributed by atoms with E-state index in [0.717, 1.165) is 29.1 Å². The van der Waals surface area contributed by atoms with Crippen molar-refractivity contribution in [2.75, 3.05) is 19.6 Å². The zero-order valence-electron chi connectivity index (χ0n) is 13.5. The van der Waals surface area contributed by atoms with Crippen LogP contribution in [0.15, 0.2) is 34.4 Å². The fraction of sp³-hybridized carbons (Fsp3) is 0.412. The second-order valence-corrected chi connectivity index (χ2v) is 6.73. The smallest absolute Gasteiger partial charge is 0.307 e. The van der Waals surface area contributed by atoms with E-state index in [0.29, 0.717) is 19.6 Å². The molecule has 24 heavy (non-hydrogen) atoms. The third kappa shape index (κ3) is 3.57. The number of hydrogen-bond donors (Lipinski definition) is 1. The molecule has 1 saturated heterocycles. The average molecular weight is 349 g/mol. The van der Waals surface area contributed by atoms with Crippen LogP contribution in [0.2, 0.25) is 0 Å². The number of nitrogens with zero attached hydrogens (tertiary/aromatic N) is 2. The summed E-state index contributed by atoms with van der Waals surface area (Å²) < 4.78 is 15.1. The van der Waals surface area contributed by atoms with Gasteiger partial charge in [0.25, 0.3) is 0 Å². The number of benzene rings is 1. The highest BCUT2D eigenvalue weighted by molar-refractivity contribution is 7.07. The second kappa shape index (κ2) is 7.27. The van der Waals surface area contributed by atoms with E-state index in [1.807, 2.05) is 13.0 Å². The van der Waals surface area contributed by atoms with Gasteiger partial charge < -0.3 is 14.8 Å². The number of amides is 1. The molecule has 0 spiro atoms. The molecule has 0 radical (unpaired) electrons. The fourth-order valence-corrected chi connectivity index (χ4v) is 3.80. The van der Waals surface area contributed by atoms with Gasteiger partial charge in [-0.2, -0.15) is 0 Å². The summed E-state index contributed by atoms with van der Waals surface area (Å²) in [5.41, 5.74) is 1.67. The summed E-state index contributed by atoms with van der Waals surface area (Å²) in [6.45, 7) is 4.15. The van der Waals surface area contributed by atoms with Gasteiger partial charge in [-0.25, -0.2) is 4.39 Å². The zero-order valence-corrected chi connectivity index (χ0v) is 14.3. The number of aromatic nitrogens is 1. The van der Waals surface area contributed by atoms with Crippen molar-refractivity contribution < 1.29 is 9.18 Å². The molecule has 0 aliphatic carbocycles. The molecule has 7 heteroatoms. The first-order valence-corrected chi connectivity index (χ1v) is 8.85. The zero-order chi connectivity index (χ0) is 17.1. The quantitative estimate of drug-likeness (QED) is 0.918. The van der Waals surface area contributed by atoms with Gasteiger partial charge in [-0.15, -0.1) is 0 Å². The van der Waals surface area contributed by atoms with Crippen molar-refractivity contribution in [1.29, 1.82) is 0 Å². The topological polar surface area (TPSA) is 54.3 Å². The first kappa shape index (κ1) is 16.9. The Kier molecular flexibility index (Phi) is 5.11. The summed E-state index contributed by atoms with van der Waals surface area (Å²) in [4.78, 5) is 26.2. The van der Waals surface area contributed by atoms with E-state index in [2.05, 4.69) is 5.32 Å². The summed E-state index contributed by atoms with van der Waals surface area (Å²) in [6.07, 6.45) is 0.267. The number of piperazine rings is 1. The molecule has 2 heterocycles. The maximum atomic E-state index is 13.5. The van der Waals surface area contributed by atoms with Gasteiger partial charge in [-0.3, -0.25) is 9.59 Å². The number of thiazole rings is 1. The van der Waals surface area contributed by atoms with Crippen molar-refractivity contribution in [3.05, 3.63) is 56.4 Å². The Bertz CT molecular complexity index is 786. The number of carbonyl (C=O) groups is 1. The molecule has 1 unspecified atom stereocenters. The Labute approximate surface area is 143 Å². The molecular formula is C17H20FN3O2S. The predicted molar refractivity (Wildman–Crippen MR) is 91.7 cm³/mol. The monoisotopic (exact) mass is 349 g/mol. The normalized spacial score (nSPS) is 17.9. The van der Waals surface area contributed by atoms with Crippen LogP contribution in [0.3, 0.4) is 0 Å². The molecule has 1 aromatic carbocycles. The number of halogens is 1. The maximum absolute atomic E-state index is 13.5. The molecule has 5 nitrogen and oxygen atoms in total. The number of carbonyl (C=O) groups excluding carboxylic acids is 1. The van der Waals surface area contributed by atoms with Crippen LogP contribution in [0, 0.1) is 12.7 Å². The molecule has 1 aliphatic heterocycles. The molecule has 1 fully saturated rings. The van der Waals surface area contributed by atoms with Gasteiger partial charge in [-0.1, -0.05) is 23.5 Å². The summed E-state index contributed by atoms with van der Waals surface area (Å²) in [7, 11) is 0. The SMILES string of the molecule is Cc1csc(=O)n1CCC(=O)N1CCNCC1c1cccc(F)c1. The lowest BCUT2D eigenvalue weighted by atomic mass is 10.0. The molecular weight excluding hydrogens is 329 g/mol. The maximum Gasteiger partial charge on any atom is 0.307 e. The summed E-state index contributed by atoms with van der Waals surface area (Å²) in [6, 6.07) is 6.20. The summed E-state index contributed by atoms with van der Waals surface area (Å²) >= 11 is 1.15. The van der Waals surface area contributed by atoms with Gasteiger partial charge in [0, 0.05) is 43.7 Å². The third-order valence-electron chi connectivity index (χ3n) is 4.32. The van der Waals surface area contributed by atoms with Crippen LogP contribution in [0.5, 0.6) is 0 Å². The summed E-state index contributed by atoms with van der Waals surface area (Å²) in [5, 5.41) is 5.05. The standard InChI is InChI=1S/C17H20FN3O2S/c1-12-11-24-17(23)20(12)7-5-16(22)21-8-6-19-10-15(21)13-3-2-4-14(18)9-13/h2-4,9,11,15,19H,5-8,10H2,1H3. The van der Waals surface area contributed by atoms with Crippen LogP contribution in [0.25, 0.3) is 0 Å². The highest BCUT2D eigenvalue weighted by Gasteiger charge is 2.27. The lowest BCUT2D eigenvalue weighted by Gasteiger charge is -2.36. The van der Waals surface area contributed by atoms with Crippen LogP contribution in [0.4, 0.5) is 4.39 Å². The lowest BCUT2D eigenvalue weighted by Crippen LogP contribution is -2.49. The highest BCUT2D eigenvalue weighted by Crippen LogP contribution is 2.23. The Morgan fingerprint density at radius 2 is 2.29 bits per heavy atom. The van der Waals surface area contributed by atoms with Crippen molar-refractivity contribution in [2.45, 2.75) is 25.9 Å². The number of nitrogens with one attached hydrogen (secondary N) is 1. The van der Waals surface area contributed by atoms with Crippen molar-refractivity contribution in [1.82, 2.24) is 14.8 Å². The highest BCUT2D eigenvalue weighted by atomic mass is 32.1. The van der Waals surface area contributed by atoms with Crippen molar-refractivity contribution in [3.8, 4) is 0 Å². The van der Waals surface area contributed by atoms with Gasteiger partial charge in [0.1, 0.15) is 5.82 Å².